The maximum atomic E-state index is 12.9. The van der Waals surface area contributed by atoms with E-state index < -0.39 is 0 Å². The highest BCUT2D eigenvalue weighted by Crippen LogP contribution is 2.21. The van der Waals surface area contributed by atoms with Gasteiger partial charge < -0.3 is 4.90 Å². The minimum atomic E-state index is -0.146. The van der Waals surface area contributed by atoms with Crippen molar-refractivity contribution in [3.8, 4) is 6.07 Å². The third-order valence-corrected chi connectivity index (χ3v) is 3.30. The summed E-state index contributed by atoms with van der Waals surface area (Å²) in [7, 11) is 0. The topological polar surface area (TPSA) is 44.1 Å². The molecule has 0 saturated carbocycles. The fraction of sp³-hybridized carbons (Fsp3) is 0.222. The molecule has 1 amide bonds. The minimum absolute atomic E-state index is 0.00717. The zero-order chi connectivity index (χ0) is 15.4. The van der Waals surface area contributed by atoms with Crippen LogP contribution >= 0.6 is 0 Å². The summed E-state index contributed by atoms with van der Waals surface area (Å²) in [5.41, 5.74) is 2.67. The second kappa shape index (κ2) is 6.23. The number of benzene rings is 2. The Morgan fingerprint density at radius 3 is 2.38 bits per heavy atom. The van der Waals surface area contributed by atoms with Crippen molar-refractivity contribution in [2.24, 2.45) is 0 Å². The third-order valence-electron chi connectivity index (χ3n) is 3.30. The Morgan fingerprint density at radius 2 is 1.81 bits per heavy atom. The maximum Gasteiger partial charge on any atom is 0.259 e. The van der Waals surface area contributed by atoms with Gasteiger partial charge in [-0.3, -0.25) is 4.79 Å². The predicted octanol–water partition coefficient (Wildman–Crippen LogP) is 3.92. The van der Waals surface area contributed by atoms with E-state index in [2.05, 4.69) is 6.07 Å². The highest BCUT2D eigenvalue weighted by Gasteiger charge is 2.22. The van der Waals surface area contributed by atoms with Gasteiger partial charge in [-0.1, -0.05) is 24.3 Å². The van der Waals surface area contributed by atoms with Gasteiger partial charge in [-0.15, -0.1) is 0 Å². The van der Waals surface area contributed by atoms with Gasteiger partial charge in [0.05, 0.1) is 17.2 Å². The van der Waals surface area contributed by atoms with E-state index in [0.29, 0.717) is 11.1 Å². The molecule has 0 bridgehead atoms. The fourth-order valence-electron chi connectivity index (χ4n) is 2.31. The first-order chi connectivity index (χ1) is 10.0. The number of hydrogen-bond acceptors (Lipinski definition) is 2. The molecule has 0 heterocycles. The summed E-state index contributed by atoms with van der Waals surface area (Å²) < 4.78 is 0. The zero-order valence-electron chi connectivity index (χ0n) is 12.5. The Kier molecular flexibility index (Phi) is 4.39. The van der Waals surface area contributed by atoms with Crippen LogP contribution in [0.4, 0.5) is 5.69 Å². The van der Waals surface area contributed by atoms with Gasteiger partial charge >= 0.3 is 0 Å². The van der Waals surface area contributed by atoms with Crippen molar-refractivity contribution < 1.29 is 4.79 Å². The van der Waals surface area contributed by atoms with Gasteiger partial charge in [0.15, 0.2) is 0 Å². The lowest BCUT2D eigenvalue weighted by Crippen LogP contribution is -2.37. The van der Waals surface area contributed by atoms with Crippen LogP contribution in [0.1, 0.15) is 35.3 Å². The minimum Gasteiger partial charge on any atom is -0.306 e. The van der Waals surface area contributed by atoms with Crippen molar-refractivity contribution in [3.05, 3.63) is 65.2 Å². The number of nitriles is 1. The van der Waals surface area contributed by atoms with Crippen LogP contribution in [-0.4, -0.2) is 11.9 Å². The predicted molar refractivity (Wildman–Crippen MR) is 84.3 cm³/mol. The summed E-state index contributed by atoms with van der Waals surface area (Å²) >= 11 is 0. The van der Waals surface area contributed by atoms with Crippen LogP contribution in [0, 0.1) is 18.3 Å². The summed E-state index contributed by atoms with van der Waals surface area (Å²) in [6.45, 7) is 5.84. The Hall–Kier alpha value is -2.60. The number of nitrogens with zero attached hydrogens (tertiary/aromatic N) is 2. The Bertz CT molecular complexity index is 684. The molecule has 3 heteroatoms. The van der Waals surface area contributed by atoms with Gasteiger partial charge in [0, 0.05) is 11.7 Å². The molecule has 0 aliphatic heterocycles. The van der Waals surface area contributed by atoms with Crippen LogP contribution in [0.5, 0.6) is 0 Å². The van der Waals surface area contributed by atoms with Gasteiger partial charge in [-0.2, -0.15) is 5.26 Å². The van der Waals surface area contributed by atoms with Gasteiger partial charge in [-0.05, 0) is 50.6 Å². The molecular weight excluding hydrogens is 260 g/mol. The first-order valence-electron chi connectivity index (χ1n) is 6.94. The lowest BCUT2D eigenvalue weighted by molar-refractivity contribution is 0.0980. The summed E-state index contributed by atoms with van der Waals surface area (Å²) in [6, 6.07) is 17.0. The summed E-state index contributed by atoms with van der Waals surface area (Å²) in [4.78, 5) is 14.6. The molecule has 3 nitrogen and oxygen atoms in total. The average Bonchev–Trinajstić information content (AvgIpc) is 2.47. The molecule has 2 rings (SSSR count). The van der Waals surface area contributed by atoms with E-state index in [1.807, 2.05) is 57.2 Å². The second-order valence-corrected chi connectivity index (χ2v) is 5.27. The molecular formula is C18H18N2O. The lowest BCUT2D eigenvalue weighted by atomic mass is 10.0. The molecule has 106 valence electrons. The first-order valence-corrected chi connectivity index (χ1v) is 6.94. The largest absolute Gasteiger partial charge is 0.306 e. The molecule has 0 aliphatic carbocycles. The quantitative estimate of drug-likeness (QED) is 0.854. The van der Waals surface area contributed by atoms with Crippen LogP contribution in [0.2, 0.25) is 0 Å². The highest BCUT2D eigenvalue weighted by atomic mass is 16.2. The van der Waals surface area contributed by atoms with E-state index in [1.54, 1.807) is 17.0 Å². The van der Waals surface area contributed by atoms with Crippen molar-refractivity contribution in [2.75, 3.05) is 4.90 Å². The van der Waals surface area contributed by atoms with E-state index in [9.17, 15) is 10.1 Å². The molecule has 0 saturated heterocycles. The molecule has 0 atom stereocenters. The van der Waals surface area contributed by atoms with E-state index in [4.69, 9.17) is 0 Å². The third kappa shape index (κ3) is 3.11. The second-order valence-electron chi connectivity index (χ2n) is 5.27. The molecule has 0 unspecified atom stereocenters. The molecule has 0 aromatic heterocycles. The van der Waals surface area contributed by atoms with Gasteiger partial charge in [0.2, 0.25) is 0 Å². The summed E-state index contributed by atoms with van der Waals surface area (Å²) in [5.74, 6) is -0.146. The number of para-hydroxylation sites is 1. The van der Waals surface area contributed by atoms with E-state index in [0.717, 1.165) is 11.3 Å². The molecule has 21 heavy (non-hydrogen) atoms. The van der Waals surface area contributed by atoms with Crippen molar-refractivity contribution in [2.45, 2.75) is 26.8 Å². The van der Waals surface area contributed by atoms with Crippen molar-refractivity contribution in [3.63, 3.8) is 0 Å². The molecule has 0 N–H and O–H groups in total. The van der Waals surface area contributed by atoms with Gasteiger partial charge in [-0.25, -0.2) is 0 Å². The van der Waals surface area contributed by atoms with Crippen LogP contribution < -0.4 is 4.90 Å². The average molecular weight is 278 g/mol. The highest BCUT2D eigenvalue weighted by molar-refractivity contribution is 6.08. The van der Waals surface area contributed by atoms with Crippen LogP contribution in [0.15, 0.2) is 48.5 Å². The first kappa shape index (κ1) is 14.8. The molecule has 0 radical (unpaired) electrons. The number of carbonyl (C=O) groups excluding carboxylic acids is 1. The van der Waals surface area contributed by atoms with E-state index >= 15 is 0 Å². The normalized spacial score (nSPS) is 10.2. The zero-order valence-corrected chi connectivity index (χ0v) is 12.5. The van der Waals surface area contributed by atoms with Crippen LogP contribution in [0.3, 0.4) is 0 Å². The maximum absolute atomic E-state index is 12.9. The summed E-state index contributed by atoms with van der Waals surface area (Å²) in [6.07, 6.45) is 0. The Morgan fingerprint density at radius 1 is 1.14 bits per heavy atom. The standard InChI is InChI=1S/C18H18N2O/c1-13(2)20(16-7-5-4-6-8-16)18(21)17-10-9-14(3)11-15(17)12-19/h4-11,13H,1-3H3. The molecule has 0 fully saturated rings. The van der Waals surface area contributed by atoms with Crippen molar-refractivity contribution in [1.82, 2.24) is 0 Å². The van der Waals surface area contributed by atoms with E-state index in [1.165, 1.54) is 0 Å². The van der Waals surface area contributed by atoms with Gasteiger partial charge in [0.1, 0.15) is 0 Å². The number of hydrogen-bond donors (Lipinski definition) is 0. The fourth-order valence-corrected chi connectivity index (χ4v) is 2.31. The Balaban J connectivity index is 2.48. The number of carbonyl (C=O) groups is 1. The van der Waals surface area contributed by atoms with E-state index in [-0.39, 0.29) is 11.9 Å². The number of rotatable bonds is 3. The number of aryl methyl sites for hydroxylation is 1. The summed E-state index contributed by atoms with van der Waals surface area (Å²) in [5, 5.41) is 9.26. The lowest BCUT2D eigenvalue weighted by Gasteiger charge is -2.27. The smallest absolute Gasteiger partial charge is 0.259 e. The molecule has 2 aromatic carbocycles. The monoisotopic (exact) mass is 278 g/mol. The van der Waals surface area contributed by atoms with Gasteiger partial charge in [0.25, 0.3) is 5.91 Å². The van der Waals surface area contributed by atoms with Crippen molar-refractivity contribution >= 4 is 11.6 Å². The molecule has 0 spiro atoms. The van der Waals surface area contributed by atoms with Crippen molar-refractivity contribution in [1.29, 1.82) is 5.26 Å². The van der Waals surface area contributed by atoms with Crippen LogP contribution in [-0.2, 0) is 0 Å². The molecule has 2 aromatic rings. The van der Waals surface area contributed by atoms with Crippen LogP contribution in [0.25, 0.3) is 0 Å². The SMILES string of the molecule is Cc1ccc(C(=O)N(c2ccccc2)C(C)C)c(C#N)c1. The number of amides is 1. The number of anilines is 1. The Labute approximate surface area is 125 Å². The molecule has 0 aliphatic rings.